The van der Waals surface area contributed by atoms with Crippen LogP contribution in [0.5, 0.6) is 0 Å². The van der Waals surface area contributed by atoms with Crippen LogP contribution in [0.1, 0.15) is 29.6 Å². The van der Waals surface area contributed by atoms with Gasteiger partial charge in [-0.15, -0.1) is 0 Å². The van der Waals surface area contributed by atoms with Crippen molar-refractivity contribution in [3.8, 4) is 0 Å². The number of hydrogen-bond acceptors (Lipinski definition) is 2. The normalized spacial score (nSPS) is 15.9. The van der Waals surface area contributed by atoms with Crippen molar-refractivity contribution in [1.29, 1.82) is 0 Å². The van der Waals surface area contributed by atoms with Gasteiger partial charge in [0.15, 0.2) is 0 Å². The van der Waals surface area contributed by atoms with Gasteiger partial charge in [0.25, 0.3) is 5.91 Å². The van der Waals surface area contributed by atoms with Gasteiger partial charge in [0.05, 0.1) is 12.0 Å². The number of aliphatic carboxylic acids is 1. The van der Waals surface area contributed by atoms with Crippen molar-refractivity contribution in [2.24, 2.45) is 5.92 Å². The summed E-state index contributed by atoms with van der Waals surface area (Å²) in [6.07, 6.45) is 1.66. The Morgan fingerprint density at radius 3 is 2.68 bits per heavy atom. The molecule has 0 bridgehead atoms. The second-order valence-corrected chi connectivity index (χ2v) is 5.47. The molecule has 1 aliphatic carbocycles. The average Bonchev–Trinajstić information content (AvgIpc) is 3.10. The highest BCUT2D eigenvalue weighted by Gasteiger charge is 2.34. The lowest BCUT2D eigenvalue weighted by atomic mass is 10.1. The van der Waals surface area contributed by atoms with Gasteiger partial charge in [0.2, 0.25) is 0 Å². The first-order chi connectivity index (χ1) is 8.99. The molecule has 0 radical (unpaired) electrons. The summed E-state index contributed by atoms with van der Waals surface area (Å²) >= 11 is 3.12. The Kier molecular flexibility index (Phi) is 4.19. The molecule has 4 nitrogen and oxygen atoms in total. The van der Waals surface area contributed by atoms with Gasteiger partial charge in [0.1, 0.15) is 5.82 Å². The van der Waals surface area contributed by atoms with Crippen LogP contribution in [0.15, 0.2) is 22.7 Å². The van der Waals surface area contributed by atoms with Crippen molar-refractivity contribution in [2.75, 3.05) is 0 Å². The zero-order chi connectivity index (χ0) is 14.0. The van der Waals surface area contributed by atoms with Gasteiger partial charge in [-0.1, -0.05) is 6.07 Å². The molecule has 1 aromatic carbocycles. The van der Waals surface area contributed by atoms with Crippen LogP contribution in [-0.4, -0.2) is 23.0 Å². The van der Waals surface area contributed by atoms with Gasteiger partial charge in [0, 0.05) is 10.5 Å². The van der Waals surface area contributed by atoms with Gasteiger partial charge in [-0.05, 0) is 46.8 Å². The highest BCUT2D eigenvalue weighted by atomic mass is 79.9. The fourth-order valence-corrected chi connectivity index (χ4v) is 2.50. The zero-order valence-electron chi connectivity index (χ0n) is 10.0. The Bertz CT molecular complexity index is 496. The Hall–Kier alpha value is -1.43. The maximum atomic E-state index is 13.6. The number of carbonyl (C=O) groups is 2. The molecular weight excluding hydrogens is 317 g/mol. The van der Waals surface area contributed by atoms with Crippen LogP contribution in [-0.2, 0) is 4.79 Å². The van der Waals surface area contributed by atoms with E-state index in [4.69, 9.17) is 5.11 Å². The highest BCUT2D eigenvalue weighted by molar-refractivity contribution is 9.10. The summed E-state index contributed by atoms with van der Waals surface area (Å²) in [7, 11) is 0. The first-order valence-corrected chi connectivity index (χ1v) is 6.75. The summed E-state index contributed by atoms with van der Waals surface area (Å²) in [6.45, 7) is 0. The van der Waals surface area contributed by atoms with Crippen LogP contribution in [0.4, 0.5) is 4.39 Å². The van der Waals surface area contributed by atoms with Crippen LogP contribution in [0.25, 0.3) is 0 Å². The van der Waals surface area contributed by atoms with Crippen LogP contribution in [0.2, 0.25) is 0 Å². The molecular formula is C13H13BrFNO3. The minimum atomic E-state index is -0.968. The number of benzene rings is 1. The van der Waals surface area contributed by atoms with Crippen molar-refractivity contribution in [3.63, 3.8) is 0 Å². The summed E-state index contributed by atoms with van der Waals surface area (Å²) in [5, 5.41) is 11.4. The summed E-state index contributed by atoms with van der Waals surface area (Å²) in [5.74, 6) is -1.99. The number of halogens is 2. The topological polar surface area (TPSA) is 66.4 Å². The van der Waals surface area contributed by atoms with E-state index in [2.05, 4.69) is 21.2 Å². The quantitative estimate of drug-likeness (QED) is 0.872. The monoisotopic (exact) mass is 329 g/mol. The number of amides is 1. The number of carboxylic acid groups (broad SMARTS) is 1. The second kappa shape index (κ2) is 5.69. The maximum absolute atomic E-state index is 13.6. The Morgan fingerprint density at radius 2 is 2.16 bits per heavy atom. The molecule has 0 aromatic heterocycles. The lowest BCUT2D eigenvalue weighted by molar-refractivity contribution is -0.137. The molecule has 0 spiro atoms. The van der Waals surface area contributed by atoms with Gasteiger partial charge in [-0.2, -0.15) is 0 Å². The van der Waals surface area contributed by atoms with E-state index in [9.17, 15) is 14.0 Å². The Morgan fingerprint density at radius 1 is 1.47 bits per heavy atom. The SMILES string of the molecule is O=C(O)CC(NC(=O)c1c(F)cccc1Br)C1CC1. The fraction of sp³-hybridized carbons (Fsp3) is 0.385. The van der Waals surface area contributed by atoms with Crippen LogP contribution in [0, 0.1) is 11.7 Å². The van der Waals surface area contributed by atoms with Crippen LogP contribution < -0.4 is 5.32 Å². The number of rotatable bonds is 5. The molecule has 0 heterocycles. The number of hydrogen-bond donors (Lipinski definition) is 2. The molecule has 1 saturated carbocycles. The van der Waals surface area contributed by atoms with Crippen molar-refractivity contribution >= 4 is 27.8 Å². The van der Waals surface area contributed by atoms with Gasteiger partial charge >= 0.3 is 5.97 Å². The molecule has 1 aliphatic rings. The van der Waals surface area contributed by atoms with E-state index >= 15 is 0 Å². The van der Waals surface area contributed by atoms with E-state index < -0.39 is 23.7 Å². The van der Waals surface area contributed by atoms with E-state index in [1.54, 1.807) is 6.07 Å². The van der Waals surface area contributed by atoms with Crippen molar-refractivity contribution in [1.82, 2.24) is 5.32 Å². The Labute approximate surface area is 118 Å². The average molecular weight is 330 g/mol. The van der Waals surface area contributed by atoms with Crippen molar-refractivity contribution < 1.29 is 19.1 Å². The lowest BCUT2D eigenvalue weighted by Gasteiger charge is -2.17. The molecule has 1 unspecified atom stereocenters. The van der Waals surface area contributed by atoms with E-state index in [1.807, 2.05) is 0 Å². The molecule has 6 heteroatoms. The molecule has 2 N–H and O–H groups in total. The summed E-state index contributed by atoms with van der Waals surface area (Å²) in [5.41, 5.74) is -0.0847. The molecule has 1 amide bonds. The van der Waals surface area contributed by atoms with Gasteiger partial charge in [-0.25, -0.2) is 4.39 Å². The van der Waals surface area contributed by atoms with Gasteiger partial charge < -0.3 is 10.4 Å². The summed E-state index contributed by atoms with van der Waals surface area (Å²) in [6, 6.07) is 3.83. The summed E-state index contributed by atoms with van der Waals surface area (Å²) in [4.78, 5) is 22.8. The predicted molar refractivity (Wildman–Crippen MR) is 70.3 cm³/mol. The largest absolute Gasteiger partial charge is 0.481 e. The van der Waals surface area contributed by atoms with Crippen molar-refractivity contribution in [2.45, 2.75) is 25.3 Å². The molecule has 2 rings (SSSR count). The third kappa shape index (κ3) is 3.53. The molecule has 102 valence electrons. The molecule has 1 atom stereocenters. The first-order valence-electron chi connectivity index (χ1n) is 5.95. The van der Waals surface area contributed by atoms with Crippen LogP contribution in [0.3, 0.4) is 0 Å². The predicted octanol–water partition coefficient (Wildman–Crippen LogP) is 2.57. The number of carbonyl (C=O) groups excluding carboxylic acids is 1. The third-order valence-electron chi connectivity index (χ3n) is 3.09. The molecule has 1 aromatic rings. The smallest absolute Gasteiger partial charge is 0.305 e. The van der Waals surface area contributed by atoms with Crippen LogP contribution >= 0.6 is 15.9 Å². The molecule has 19 heavy (non-hydrogen) atoms. The Balaban J connectivity index is 2.12. The third-order valence-corrected chi connectivity index (χ3v) is 3.75. The minimum Gasteiger partial charge on any atom is -0.481 e. The number of carboxylic acids is 1. The first kappa shape index (κ1) is 14.0. The summed E-state index contributed by atoms with van der Waals surface area (Å²) < 4.78 is 14.0. The minimum absolute atomic E-state index is 0.0847. The highest BCUT2D eigenvalue weighted by Crippen LogP contribution is 2.34. The van der Waals surface area contributed by atoms with E-state index in [0.29, 0.717) is 4.47 Å². The number of nitrogens with one attached hydrogen (secondary N) is 1. The fourth-order valence-electron chi connectivity index (χ4n) is 1.98. The van der Waals surface area contributed by atoms with E-state index in [-0.39, 0.29) is 17.9 Å². The van der Waals surface area contributed by atoms with Crippen molar-refractivity contribution in [3.05, 3.63) is 34.1 Å². The standard InChI is InChI=1S/C13H13BrFNO3/c14-8-2-1-3-9(15)12(8)13(19)16-10(6-11(17)18)7-4-5-7/h1-3,7,10H,4-6H2,(H,16,19)(H,17,18). The lowest BCUT2D eigenvalue weighted by Crippen LogP contribution is -2.38. The van der Waals surface area contributed by atoms with E-state index in [0.717, 1.165) is 12.8 Å². The second-order valence-electron chi connectivity index (χ2n) is 4.61. The molecule has 0 saturated heterocycles. The maximum Gasteiger partial charge on any atom is 0.305 e. The zero-order valence-corrected chi connectivity index (χ0v) is 11.6. The van der Waals surface area contributed by atoms with Gasteiger partial charge in [-0.3, -0.25) is 9.59 Å². The molecule has 1 fully saturated rings. The van der Waals surface area contributed by atoms with E-state index in [1.165, 1.54) is 12.1 Å². The molecule has 0 aliphatic heterocycles.